The van der Waals surface area contributed by atoms with Crippen molar-refractivity contribution in [2.24, 2.45) is 11.3 Å². The molecular weight excluding hydrogens is 280 g/mol. The van der Waals surface area contributed by atoms with E-state index in [1.165, 1.54) is 0 Å². The molecule has 0 saturated heterocycles. The van der Waals surface area contributed by atoms with Gasteiger partial charge in [-0.2, -0.15) is 0 Å². The molecule has 0 bridgehead atoms. The summed E-state index contributed by atoms with van der Waals surface area (Å²) in [5.41, 5.74) is 1.98. The van der Waals surface area contributed by atoms with Crippen LogP contribution >= 0.6 is 0 Å². The molecule has 0 unspecified atom stereocenters. The first-order valence-corrected chi connectivity index (χ1v) is 7.67. The van der Waals surface area contributed by atoms with Gasteiger partial charge in [-0.05, 0) is 17.8 Å². The van der Waals surface area contributed by atoms with Crippen LogP contribution in [0, 0.1) is 11.3 Å². The maximum absolute atomic E-state index is 12.2. The van der Waals surface area contributed by atoms with Crippen LogP contribution in [0.15, 0.2) is 10.6 Å². The molecule has 2 N–H and O–H groups in total. The number of nitrogens with zero attached hydrogens (tertiary/aromatic N) is 2. The van der Waals surface area contributed by atoms with Gasteiger partial charge in [0.2, 0.25) is 0 Å². The largest absolute Gasteiger partial charge is 0.361 e. The van der Waals surface area contributed by atoms with Crippen molar-refractivity contribution >= 4 is 5.91 Å². The Morgan fingerprint density at radius 3 is 2.91 bits per heavy atom. The molecule has 0 spiro atoms. The average molecular weight is 302 g/mol. The number of nitrogens with one attached hydrogen (secondary N) is 2. The molecule has 0 aliphatic carbocycles. The quantitative estimate of drug-likeness (QED) is 0.912. The van der Waals surface area contributed by atoms with Crippen molar-refractivity contribution in [1.82, 2.24) is 20.4 Å². The second kappa shape index (κ2) is 5.26. The predicted octanol–water partition coefficient (Wildman–Crippen LogP) is 2.58. The van der Waals surface area contributed by atoms with Gasteiger partial charge in [-0.25, -0.2) is 4.98 Å². The standard InChI is InChI=1S/C16H22N4O2/c1-9(2)5-10-6-11(20-22-10)14-18-12-7-16(3,4)8-17-15(21)13(12)19-14/h6,9H,5,7-8H2,1-4H3,(H,17,21)(H,18,19). The van der Waals surface area contributed by atoms with Gasteiger partial charge in [-0.15, -0.1) is 0 Å². The third kappa shape index (κ3) is 2.91. The molecule has 0 atom stereocenters. The first-order chi connectivity index (χ1) is 10.3. The number of hydrogen-bond acceptors (Lipinski definition) is 4. The van der Waals surface area contributed by atoms with Crippen molar-refractivity contribution in [3.05, 3.63) is 23.2 Å². The highest BCUT2D eigenvalue weighted by Gasteiger charge is 2.30. The summed E-state index contributed by atoms with van der Waals surface area (Å²) in [6.45, 7) is 9.15. The third-order valence-corrected chi connectivity index (χ3v) is 3.79. The van der Waals surface area contributed by atoms with Crippen LogP contribution < -0.4 is 5.32 Å². The molecule has 0 saturated carbocycles. The molecule has 1 amide bonds. The SMILES string of the molecule is CC(C)Cc1cc(-c2nc3c([nH]2)CC(C)(C)CNC3=O)no1. The normalized spacial score (nSPS) is 17.2. The van der Waals surface area contributed by atoms with E-state index in [-0.39, 0.29) is 11.3 Å². The van der Waals surface area contributed by atoms with Gasteiger partial charge < -0.3 is 14.8 Å². The van der Waals surface area contributed by atoms with Crippen LogP contribution in [0.1, 0.15) is 49.6 Å². The molecule has 0 fully saturated rings. The van der Waals surface area contributed by atoms with Gasteiger partial charge in [0, 0.05) is 24.7 Å². The van der Waals surface area contributed by atoms with Gasteiger partial charge in [0.1, 0.15) is 17.1 Å². The number of carbonyl (C=O) groups excluding carboxylic acids is 1. The fourth-order valence-electron chi connectivity index (χ4n) is 2.71. The summed E-state index contributed by atoms with van der Waals surface area (Å²) in [4.78, 5) is 19.8. The van der Waals surface area contributed by atoms with Gasteiger partial charge in [-0.3, -0.25) is 4.79 Å². The van der Waals surface area contributed by atoms with E-state index in [2.05, 4.69) is 48.1 Å². The van der Waals surface area contributed by atoms with Gasteiger partial charge >= 0.3 is 0 Å². The van der Waals surface area contributed by atoms with Crippen molar-refractivity contribution in [1.29, 1.82) is 0 Å². The molecule has 1 aliphatic heterocycles. The van der Waals surface area contributed by atoms with Gasteiger partial charge in [0.05, 0.1) is 0 Å². The third-order valence-electron chi connectivity index (χ3n) is 3.79. The summed E-state index contributed by atoms with van der Waals surface area (Å²) in [7, 11) is 0. The molecule has 118 valence electrons. The Bertz CT molecular complexity index is 697. The summed E-state index contributed by atoms with van der Waals surface area (Å²) in [6, 6.07) is 1.89. The number of aromatic nitrogens is 3. The molecular formula is C16H22N4O2. The second-order valence-corrected chi connectivity index (χ2v) is 7.21. The van der Waals surface area contributed by atoms with Crippen molar-refractivity contribution < 1.29 is 9.32 Å². The van der Waals surface area contributed by atoms with Crippen LogP contribution in [-0.2, 0) is 12.8 Å². The van der Waals surface area contributed by atoms with Crippen molar-refractivity contribution in [3.63, 3.8) is 0 Å². The van der Waals surface area contributed by atoms with Crippen LogP contribution in [-0.4, -0.2) is 27.6 Å². The van der Waals surface area contributed by atoms with Crippen molar-refractivity contribution in [2.45, 2.75) is 40.5 Å². The van der Waals surface area contributed by atoms with E-state index < -0.39 is 0 Å². The van der Waals surface area contributed by atoms with Crippen LogP contribution in [0.3, 0.4) is 0 Å². The Labute approximate surface area is 129 Å². The van der Waals surface area contributed by atoms with Crippen LogP contribution in [0.5, 0.6) is 0 Å². The van der Waals surface area contributed by atoms with Crippen molar-refractivity contribution in [3.8, 4) is 11.5 Å². The Hall–Kier alpha value is -2.11. The number of aromatic amines is 1. The maximum atomic E-state index is 12.2. The molecule has 3 rings (SSSR count). The monoisotopic (exact) mass is 302 g/mol. The van der Waals surface area contributed by atoms with Crippen molar-refractivity contribution in [2.75, 3.05) is 6.54 Å². The fraction of sp³-hybridized carbons (Fsp3) is 0.562. The highest BCUT2D eigenvalue weighted by molar-refractivity contribution is 5.94. The predicted molar refractivity (Wildman–Crippen MR) is 82.4 cm³/mol. The molecule has 1 aliphatic rings. The zero-order valence-electron chi connectivity index (χ0n) is 13.5. The molecule has 2 aromatic heterocycles. The highest BCUT2D eigenvalue weighted by Crippen LogP contribution is 2.27. The molecule has 0 aromatic carbocycles. The first-order valence-electron chi connectivity index (χ1n) is 7.67. The molecule has 2 aromatic rings. The molecule has 22 heavy (non-hydrogen) atoms. The number of hydrogen-bond donors (Lipinski definition) is 2. The highest BCUT2D eigenvalue weighted by atomic mass is 16.5. The van der Waals surface area contributed by atoms with Crippen LogP contribution in [0.4, 0.5) is 0 Å². The molecule has 3 heterocycles. The summed E-state index contributed by atoms with van der Waals surface area (Å²) < 4.78 is 5.34. The topological polar surface area (TPSA) is 83.8 Å². The summed E-state index contributed by atoms with van der Waals surface area (Å²) in [6.07, 6.45) is 1.60. The Kier molecular flexibility index (Phi) is 3.54. The minimum absolute atomic E-state index is 0.00264. The number of imidazole rings is 1. The zero-order chi connectivity index (χ0) is 15.9. The maximum Gasteiger partial charge on any atom is 0.271 e. The zero-order valence-corrected chi connectivity index (χ0v) is 13.5. The van der Waals surface area contributed by atoms with E-state index in [0.717, 1.165) is 24.3 Å². The minimum Gasteiger partial charge on any atom is -0.361 e. The number of fused-ring (bicyclic) bond motifs is 1. The van der Waals surface area contributed by atoms with Crippen LogP contribution in [0.25, 0.3) is 11.5 Å². The van der Waals surface area contributed by atoms with E-state index in [1.54, 1.807) is 0 Å². The van der Waals surface area contributed by atoms with E-state index in [9.17, 15) is 4.79 Å². The average Bonchev–Trinajstić information content (AvgIpc) is 2.99. The Morgan fingerprint density at radius 1 is 1.41 bits per heavy atom. The lowest BCUT2D eigenvalue weighted by Crippen LogP contribution is -2.32. The summed E-state index contributed by atoms with van der Waals surface area (Å²) in [5, 5.41) is 6.99. The minimum atomic E-state index is -0.131. The van der Waals surface area contributed by atoms with E-state index in [1.807, 2.05) is 6.07 Å². The van der Waals surface area contributed by atoms with E-state index in [4.69, 9.17) is 4.52 Å². The number of amides is 1. The van der Waals surface area contributed by atoms with Gasteiger partial charge in [0.25, 0.3) is 5.91 Å². The van der Waals surface area contributed by atoms with Crippen LogP contribution in [0.2, 0.25) is 0 Å². The number of rotatable bonds is 3. The fourth-order valence-corrected chi connectivity index (χ4v) is 2.71. The second-order valence-electron chi connectivity index (χ2n) is 7.21. The van der Waals surface area contributed by atoms with Gasteiger partial charge in [-0.1, -0.05) is 32.9 Å². The van der Waals surface area contributed by atoms with Gasteiger partial charge in [0.15, 0.2) is 5.82 Å². The number of H-pyrrole nitrogens is 1. The lowest BCUT2D eigenvalue weighted by atomic mass is 9.88. The smallest absolute Gasteiger partial charge is 0.271 e. The summed E-state index contributed by atoms with van der Waals surface area (Å²) >= 11 is 0. The van der Waals surface area contributed by atoms with E-state index >= 15 is 0 Å². The van der Waals surface area contributed by atoms with E-state index in [0.29, 0.717) is 29.7 Å². The molecule has 0 radical (unpaired) electrons. The first kappa shape index (κ1) is 14.8. The lowest BCUT2D eigenvalue weighted by Gasteiger charge is -2.21. The Morgan fingerprint density at radius 2 is 2.18 bits per heavy atom. The molecule has 6 nitrogen and oxygen atoms in total. The lowest BCUT2D eigenvalue weighted by molar-refractivity contribution is 0.0940. The summed E-state index contributed by atoms with van der Waals surface area (Å²) in [5.74, 6) is 1.80. The number of carbonyl (C=O) groups is 1. The molecule has 6 heteroatoms. The Balaban J connectivity index is 1.92.